The molecule has 2 nitrogen and oxygen atoms in total. The Bertz CT molecular complexity index is 551. The first-order chi connectivity index (χ1) is 9.33. The Hall–Kier alpha value is -1.38. The van der Waals surface area contributed by atoms with Crippen molar-refractivity contribution in [3.63, 3.8) is 0 Å². The van der Waals surface area contributed by atoms with E-state index >= 15 is 0 Å². The van der Waals surface area contributed by atoms with Gasteiger partial charge in [0.05, 0.1) is 11.7 Å². The molecule has 0 bridgehead atoms. The Kier molecular flexibility index (Phi) is 3.81. The molecule has 0 spiro atoms. The van der Waals surface area contributed by atoms with Crippen molar-refractivity contribution < 1.29 is 0 Å². The Morgan fingerprint density at radius 2 is 2.05 bits per heavy atom. The molecule has 1 aliphatic rings. The van der Waals surface area contributed by atoms with Gasteiger partial charge in [-0.1, -0.05) is 29.8 Å². The predicted molar refractivity (Wildman–Crippen MR) is 78.2 cm³/mol. The van der Waals surface area contributed by atoms with Crippen LogP contribution in [0.5, 0.6) is 0 Å². The second-order valence-electron chi connectivity index (χ2n) is 5.00. The lowest BCUT2D eigenvalue weighted by atomic mass is 9.92. The zero-order valence-electron chi connectivity index (χ0n) is 10.8. The normalized spacial score (nSPS) is 18.1. The van der Waals surface area contributed by atoms with Gasteiger partial charge in [-0.2, -0.15) is 0 Å². The van der Waals surface area contributed by atoms with Crippen LogP contribution in [-0.4, -0.2) is 4.98 Å². The molecule has 0 aliphatic heterocycles. The van der Waals surface area contributed by atoms with Crippen molar-refractivity contribution in [3.8, 4) is 0 Å². The van der Waals surface area contributed by atoms with Crippen LogP contribution in [0.1, 0.15) is 35.7 Å². The van der Waals surface area contributed by atoms with Crippen molar-refractivity contribution in [3.05, 3.63) is 64.4 Å². The molecule has 1 atom stereocenters. The van der Waals surface area contributed by atoms with E-state index in [0.717, 1.165) is 24.4 Å². The van der Waals surface area contributed by atoms with E-state index in [1.54, 1.807) is 0 Å². The summed E-state index contributed by atoms with van der Waals surface area (Å²) in [6.07, 6.45) is 5.44. The summed E-state index contributed by atoms with van der Waals surface area (Å²) in [4.78, 5) is 4.54. The van der Waals surface area contributed by atoms with E-state index in [0.29, 0.717) is 6.04 Å². The third-order valence-corrected chi connectivity index (χ3v) is 3.91. The van der Waals surface area contributed by atoms with Gasteiger partial charge in [0.1, 0.15) is 0 Å². The molecule has 1 unspecified atom stereocenters. The highest BCUT2D eigenvalue weighted by Crippen LogP contribution is 2.27. The number of halogens is 1. The molecule has 0 saturated heterocycles. The molecule has 3 heteroatoms. The zero-order valence-corrected chi connectivity index (χ0v) is 11.5. The number of nitrogens with zero attached hydrogens (tertiary/aromatic N) is 1. The Morgan fingerprint density at radius 3 is 2.89 bits per heavy atom. The monoisotopic (exact) mass is 272 g/mol. The van der Waals surface area contributed by atoms with E-state index in [2.05, 4.69) is 28.5 Å². The molecule has 0 saturated carbocycles. The van der Waals surface area contributed by atoms with Crippen LogP contribution in [0.2, 0.25) is 5.02 Å². The van der Waals surface area contributed by atoms with Crippen molar-refractivity contribution in [2.75, 3.05) is 0 Å². The lowest BCUT2D eigenvalue weighted by Gasteiger charge is -2.25. The summed E-state index contributed by atoms with van der Waals surface area (Å²) in [5.74, 6) is 0. The first-order valence-electron chi connectivity index (χ1n) is 6.74. The third-order valence-electron chi connectivity index (χ3n) is 3.66. The van der Waals surface area contributed by atoms with E-state index in [1.165, 1.54) is 23.2 Å². The van der Waals surface area contributed by atoms with Crippen LogP contribution in [0, 0.1) is 0 Å². The number of hydrogen-bond acceptors (Lipinski definition) is 2. The molecule has 1 aliphatic carbocycles. The SMILES string of the molecule is Clc1ccc(CNC2CCCc3cccnc32)cc1. The minimum Gasteiger partial charge on any atom is -0.305 e. The van der Waals surface area contributed by atoms with Crippen LogP contribution in [0.25, 0.3) is 0 Å². The maximum atomic E-state index is 5.90. The molecule has 1 aromatic carbocycles. The third kappa shape index (κ3) is 2.96. The summed E-state index contributed by atoms with van der Waals surface area (Å²) in [6.45, 7) is 0.859. The van der Waals surface area contributed by atoms with E-state index in [4.69, 9.17) is 11.6 Å². The van der Waals surface area contributed by atoms with Gasteiger partial charge in [-0.3, -0.25) is 4.98 Å². The highest BCUT2D eigenvalue weighted by atomic mass is 35.5. The number of benzene rings is 1. The first-order valence-corrected chi connectivity index (χ1v) is 7.12. The smallest absolute Gasteiger partial charge is 0.0605 e. The summed E-state index contributed by atoms with van der Waals surface area (Å²) in [5, 5.41) is 4.39. The van der Waals surface area contributed by atoms with E-state index in [9.17, 15) is 0 Å². The molecule has 0 radical (unpaired) electrons. The van der Waals surface area contributed by atoms with Crippen LogP contribution >= 0.6 is 11.6 Å². The number of aromatic nitrogens is 1. The molecule has 0 amide bonds. The number of hydrogen-bond donors (Lipinski definition) is 1. The summed E-state index contributed by atoms with van der Waals surface area (Å²) >= 11 is 5.90. The Labute approximate surface area is 118 Å². The summed E-state index contributed by atoms with van der Waals surface area (Å²) in [7, 11) is 0. The maximum Gasteiger partial charge on any atom is 0.0605 e. The van der Waals surface area contributed by atoms with Crippen LogP contribution in [0.15, 0.2) is 42.6 Å². The quantitative estimate of drug-likeness (QED) is 0.917. The van der Waals surface area contributed by atoms with Gasteiger partial charge >= 0.3 is 0 Å². The van der Waals surface area contributed by atoms with Crippen LogP contribution < -0.4 is 5.32 Å². The van der Waals surface area contributed by atoms with Crippen molar-refractivity contribution in [1.82, 2.24) is 10.3 Å². The van der Waals surface area contributed by atoms with E-state index < -0.39 is 0 Å². The number of rotatable bonds is 3. The Morgan fingerprint density at radius 1 is 1.21 bits per heavy atom. The minimum atomic E-state index is 0.376. The molecule has 1 N–H and O–H groups in total. The van der Waals surface area contributed by atoms with Crippen molar-refractivity contribution >= 4 is 11.6 Å². The summed E-state index contributed by atoms with van der Waals surface area (Å²) < 4.78 is 0. The number of pyridine rings is 1. The topological polar surface area (TPSA) is 24.9 Å². The van der Waals surface area contributed by atoms with Crippen LogP contribution in [0.4, 0.5) is 0 Å². The zero-order chi connectivity index (χ0) is 13.1. The van der Waals surface area contributed by atoms with Gasteiger partial charge in [0.2, 0.25) is 0 Å². The van der Waals surface area contributed by atoms with Crippen LogP contribution in [-0.2, 0) is 13.0 Å². The lowest BCUT2D eigenvalue weighted by Crippen LogP contribution is -2.25. The number of fused-ring (bicyclic) bond motifs is 1. The first kappa shape index (κ1) is 12.6. The lowest BCUT2D eigenvalue weighted by molar-refractivity contribution is 0.447. The fourth-order valence-corrected chi connectivity index (χ4v) is 2.78. The predicted octanol–water partition coefficient (Wildman–Crippen LogP) is 3.90. The van der Waals surface area contributed by atoms with Gasteiger partial charge in [0, 0.05) is 17.8 Å². The maximum absolute atomic E-state index is 5.90. The van der Waals surface area contributed by atoms with Gasteiger partial charge < -0.3 is 5.32 Å². The second kappa shape index (κ2) is 5.72. The molecule has 1 heterocycles. The van der Waals surface area contributed by atoms with Crippen molar-refractivity contribution in [2.24, 2.45) is 0 Å². The molecule has 1 aromatic heterocycles. The van der Waals surface area contributed by atoms with Crippen molar-refractivity contribution in [2.45, 2.75) is 31.8 Å². The fraction of sp³-hybridized carbons (Fsp3) is 0.312. The summed E-state index contributed by atoms with van der Waals surface area (Å²) in [6, 6.07) is 12.6. The molecular formula is C16H17ClN2. The molecule has 19 heavy (non-hydrogen) atoms. The summed E-state index contributed by atoms with van der Waals surface area (Å²) in [5.41, 5.74) is 3.87. The molecule has 0 fully saturated rings. The van der Waals surface area contributed by atoms with Gasteiger partial charge in [-0.25, -0.2) is 0 Å². The average Bonchev–Trinajstić information content (AvgIpc) is 2.47. The van der Waals surface area contributed by atoms with Gasteiger partial charge in [0.15, 0.2) is 0 Å². The highest BCUT2D eigenvalue weighted by Gasteiger charge is 2.20. The van der Waals surface area contributed by atoms with Gasteiger partial charge in [0.25, 0.3) is 0 Å². The largest absolute Gasteiger partial charge is 0.305 e. The average molecular weight is 273 g/mol. The number of aryl methyl sites for hydroxylation is 1. The second-order valence-corrected chi connectivity index (χ2v) is 5.44. The fourth-order valence-electron chi connectivity index (χ4n) is 2.65. The number of nitrogens with one attached hydrogen (secondary N) is 1. The minimum absolute atomic E-state index is 0.376. The molecule has 2 aromatic rings. The standard InChI is InChI=1S/C16H17ClN2/c17-14-8-6-12(7-9-14)11-19-15-5-1-3-13-4-2-10-18-16(13)15/h2,4,6-10,15,19H,1,3,5,11H2. The van der Waals surface area contributed by atoms with E-state index in [-0.39, 0.29) is 0 Å². The van der Waals surface area contributed by atoms with Crippen LogP contribution in [0.3, 0.4) is 0 Å². The molecular weight excluding hydrogens is 256 g/mol. The van der Waals surface area contributed by atoms with Crippen molar-refractivity contribution in [1.29, 1.82) is 0 Å². The van der Waals surface area contributed by atoms with E-state index in [1.807, 2.05) is 24.4 Å². The highest BCUT2D eigenvalue weighted by molar-refractivity contribution is 6.30. The Balaban J connectivity index is 1.69. The molecule has 98 valence electrons. The van der Waals surface area contributed by atoms with Gasteiger partial charge in [-0.05, 0) is 48.6 Å². The molecule has 3 rings (SSSR count). The van der Waals surface area contributed by atoms with Gasteiger partial charge in [-0.15, -0.1) is 0 Å².